The van der Waals surface area contributed by atoms with Crippen molar-refractivity contribution in [3.63, 3.8) is 0 Å². The van der Waals surface area contributed by atoms with Gasteiger partial charge in [0.25, 0.3) is 0 Å². The molecule has 0 bridgehead atoms. The van der Waals surface area contributed by atoms with Gasteiger partial charge in [0.2, 0.25) is 0 Å². The first-order chi connectivity index (χ1) is 9.54. The van der Waals surface area contributed by atoms with Gasteiger partial charge in [-0.15, -0.1) is 11.3 Å². The minimum atomic E-state index is 0.490. The van der Waals surface area contributed by atoms with Gasteiger partial charge in [0.15, 0.2) is 0 Å². The van der Waals surface area contributed by atoms with Crippen LogP contribution in [0.1, 0.15) is 35.0 Å². The summed E-state index contributed by atoms with van der Waals surface area (Å²) in [7, 11) is 0. The second-order valence-electron chi connectivity index (χ2n) is 5.25. The Bertz CT molecular complexity index is 546. The van der Waals surface area contributed by atoms with E-state index in [-0.39, 0.29) is 0 Å². The highest BCUT2D eigenvalue weighted by Gasteiger charge is 2.08. The lowest BCUT2D eigenvalue weighted by atomic mass is 10.2. The maximum atomic E-state index is 5.77. The van der Waals surface area contributed by atoms with E-state index in [4.69, 9.17) is 4.74 Å². The summed E-state index contributed by atoms with van der Waals surface area (Å²) in [5.74, 6) is 0.894. The molecule has 0 aliphatic heterocycles. The van der Waals surface area contributed by atoms with E-state index >= 15 is 0 Å². The van der Waals surface area contributed by atoms with Gasteiger partial charge in [-0.2, -0.15) is 0 Å². The first kappa shape index (κ1) is 15.0. The van der Waals surface area contributed by atoms with E-state index in [0.717, 1.165) is 23.0 Å². The number of hydrogen-bond acceptors (Lipinski definition) is 4. The number of thiazole rings is 1. The zero-order valence-electron chi connectivity index (χ0n) is 12.6. The molecule has 0 aliphatic rings. The Morgan fingerprint density at radius 3 is 2.55 bits per heavy atom. The number of hydrogen-bond donors (Lipinski definition) is 1. The molecule has 3 nitrogen and oxygen atoms in total. The van der Waals surface area contributed by atoms with Crippen LogP contribution in [0.15, 0.2) is 24.3 Å². The van der Waals surface area contributed by atoms with E-state index in [9.17, 15) is 0 Å². The summed E-state index contributed by atoms with van der Waals surface area (Å²) in [4.78, 5) is 5.87. The Hall–Kier alpha value is -1.39. The average molecular weight is 290 g/mol. The second-order valence-corrected chi connectivity index (χ2v) is 6.42. The molecule has 0 atom stereocenters. The summed E-state index contributed by atoms with van der Waals surface area (Å²) in [5, 5.41) is 4.46. The van der Waals surface area contributed by atoms with E-state index in [0.29, 0.717) is 12.6 Å². The molecule has 108 valence electrons. The second kappa shape index (κ2) is 6.86. The van der Waals surface area contributed by atoms with Crippen LogP contribution >= 0.6 is 11.3 Å². The molecule has 0 unspecified atom stereocenters. The number of rotatable bonds is 6. The summed E-state index contributed by atoms with van der Waals surface area (Å²) >= 11 is 1.73. The molecule has 4 heteroatoms. The van der Waals surface area contributed by atoms with Gasteiger partial charge in [0.05, 0.1) is 5.69 Å². The van der Waals surface area contributed by atoms with Gasteiger partial charge in [-0.25, -0.2) is 4.98 Å². The SMILES string of the molecule is Cc1ccc(OCc2nc(C)c(CNC(C)C)s2)cc1. The summed E-state index contributed by atoms with van der Waals surface area (Å²) in [5.41, 5.74) is 2.34. The number of aromatic nitrogens is 1. The first-order valence-corrected chi connectivity index (χ1v) is 7.74. The molecule has 0 aliphatic carbocycles. The normalized spacial score (nSPS) is 11.1. The van der Waals surface area contributed by atoms with Gasteiger partial charge in [-0.05, 0) is 26.0 Å². The van der Waals surface area contributed by atoms with Crippen molar-refractivity contribution < 1.29 is 4.74 Å². The fraction of sp³-hybridized carbons (Fsp3) is 0.438. The first-order valence-electron chi connectivity index (χ1n) is 6.92. The van der Waals surface area contributed by atoms with Gasteiger partial charge in [0, 0.05) is 17.5 Å². The van der Waals surface area contributed by atoms with Crippen LogP contribution in [0, 0.1) is 13.8 Å². The van der Waals surface area contributed by atoms with Crippen LogP contribution < -0.4 is 10.1 Å². The van der Waals surface area contributed by atoms with Gasteiger partial charge in [-0.1, -0.05) is 31.5 Å². The molecule has 0 spiro atoms. The number of benzene rings is 1. The molecule has 0 amide bonds. The van der Waals surface area contributed by atoms with Crippen LogP contribution in [0.4, 0.5) is 0 Å². The summed E-state index contributed by atoms with van der Waals surface area (Å²) in [6.45, 7) is 9.85. The van der Waals surface area contributed by atoms with Crippen molar-refractivity contribution in [2.75, 3.05) is 0 Å². The molecule has 2 aromatic rings. The minimum Gasteiger partial charge on any atom is -0.486 e. The summed E-state index contributed by atoms with van der Waals surface area (Å²) in [6, 6.07) is 8.60. The van der Waals surface area contributed by atoms with Crippen LogP contribution in [0.2, 0.25) is 0 Å². The van der Waals surface area contributed by atoms with Crippen molar-refractivity contribution in [2.24, 2.45) is 0 Å². The van der Waals surface area contributed by atoms with Gasteiger partial charge < -0.3 is 10.1 Å². The third-order valence-corrected chi connectivity index (χ3v) is 4.12. The fourth-order valence-corrected chi connectivity index (χ4v) is 2.72. The lowest BCUT2D eigenvalue weighted by Crippen LogP contribution is -2.21. The van der Waals surface area contributed by atoms with Crippen LogP contribution in [0.3, 0.4) is 0 Å². The molecule has 1 aromatic heterocycles. The smallest absolute Gasteiger partial charge is 0.140 e. The molecule has 20 heavy (non-hydrogen) atoms. The van der Waals surface area contributed by atoms with E-state index < -0.39 is 0 Å². The number of nitrogens with zero attached hydrogens (tertiary/aromatic N) is 1. The van der Waals surface area contributed by atoms with Crippen LogP contribution in [-0.2, 0) is 13.2 Å². The zero-order chi connectivity index (χ0) is 14.5. The maximum Gasteiger partial charge on any atom is 0.140 e. The molecule has 1 N–H and O–H groups in total. The highest BCUT2D eigenvalue weighted by atomic mass is 32.1. The van der Waals surface area contributed by atoms with Crippen LogP contribution in [0.5, 0.6) is 5.75 Å². The van der Waals surface area contributed by atoms with Gasteiger partial charge >= 0.3 is 0 Å². The molecule has 1 aromatic carbocycles. The molecule has 1 heterocycles. The van der Waals surface area contributed by atoms with E-state index in [1.54, 1.807) is 11.3 Å². The Labute approximate surface area is 125 Å². The molecule has 2 rings (SSSR count). The molecule has 0 radical (unpaired) electrons. The minimum absolute atomic E-state index is 0.490. The Morgan fingerprint density at radius 2 is 1.90 bits per heavy atom. The van der Waals surface area contributed by atoms with Gasteiger partial charge in [-0.3, -0.25) is 0 Å². The fourth-order valence-electron chi connectivity index (χ4n) is 1.79. The highest BCUT2D eigenvalue weighted by molar-refractivity contribution is 7.11. The number of aryl methyl sites for hydroxylation is 2. The highest BCUT2D eigenvalue weighted by Crippen LogP contribution is 2.20. The molecular formula is C16H22N2OS. The molecule has 0 fully saturated rings. The lowest BCUT2D eigenvalue weighted by molar-refractivity contribution is 0.305. The third-order valence-electron chi connectivity index (χ3n) is 2.99. The topological polar surface area (TPSA) is 34.1 Å². The van der Waals surface area contributed by atoms with Crippen molar-refractivity contribution in [3.8, 4) is 5.75 Å². The molecular weight excluding hydrogens is 268 g/mol. The summed E-state index contributed by atoms with van der Waals surface area (Å²) in [6.07, 6.45) is 0. The largest absolute Gasteiger partial charge is 0.486 e. The molecule has 0 saturated heterocycles. The van der Waals surface area contributed by atoms with Crippen molar-refractivity contribution in [1.82, 2.24) is 10.3 Å². The van der Waals surface area contributed by atoms with Crippen molar-refractivity contribution in [2.45, 2.75) is 46.9 Å². The predicted molar refractivity (Wildman–Crippen MR) is 84.3 cm³/mol. The summed E-state index contributed by atoms with van der Waals surface area (Å²) < 4.78 is 5.77. The third kappa shape index (κ3) is 4.32. The maximum absolute atomic E-state index is 5.77. The van der Waals surface area contributed by atoms with Crippen LogP contribution in [0.25, 0.3) is 0 Å². The zero-order valence-corrected chi connectivity index (χ0v) is 13.4. The van der Waals surface area contributed by atoms with Gasteiger partial charge in [0.1, 0.15) is 17.4 Å². The number of nitrogens with one attached hydrogen (secondary N) is 1. The van der Waals surface area contributed by atoms with Crippen molar-refractivity contribution in [1.29, 1.82) is 0 Å². The monoisotopic (exact) mass is 290 g/mol. The van der Waals surface area contributed by atoms with Crippen molar-refractivity contribution >= 4 is 11.3 Å². The van der Waals surface area contributed by atoms with E-state index in [2.05, 4.69) is 50.1 Å². The Kier molecular flexibility index (Phi) is 5.15. The average Bonchev–Trinajstić information content (AvgIpc) is 2.76. The lowest BCUT2D eigenvalue weighted by Gasteiger charge is -2.06. The molecule has 0 saturated carbocycles. The van der Waals surface area contributed by atoms with E-state index in [1.165, 1.54) is 10.4 Å². The number of ether oxygens (including phenoxy) is 1. The Morgan fingerprint density at radius 1 is 1.20 bits per heavy atom. The quantitative estimate of drug-likeness (QED) is 0.877. The Balaban J connectivity index is 1.93. The predicted octanol–water partition coefficient (Wildman–Crippen LogP) is 3.84. The van der Waals surface area contributed by atoms with Crippen molar-refractivity contribution in [3.05, 3.63) is 45.4 Å². The van der Waals surface area contributed by atoms with Crippen LogP contribution in [-0.4, -0.2) is 11.0 Å². The standard InChI is InChI=1S/C16H22N2OS/c1-11(2)17-9-15-13(4)18-16(20-15)10-19-14-7-5-12(3)6-8-14/h5-8,11,17H,9-10H2,1-4H3. The van der Waals surface area contributed by atoms with E-state index in [1.807, 2.05) is 12.1 Å².